The van der Waals surface area contributed by atoms with Crippen LogP contribution in [0.4, 0.5) is 14.5 Å². The van der Waals surface area contributed by atoms with Crippen molar-refractivity contribution in [2.24, 2.45) is 5.73 Å². The molecule has 2 aromatic rings. The number of benzene rings is 2. The van der Waals surface area contributed by atoms with Crippen LogP contribution in [0.5, 0.6) is 0 Å². The molecule has 104 valence electrons. The van der Waals surface area contributed by atoms with E-state index in [1.807, 2.05) is 0 Å². The minimum absolute atomic E-state index is 0.0445. The second kappa shape index (κ2) is 5.69. The summed E-state index contributed by atoms with van der Waals surface area (Å²) in [7, 11) is 0. The summed E-state index contributed by atoms with van der Waals surface area (Å²) in [6.07, 6.45) is 0. The van der Waals surface area contributed by atoms with Gasteiger partial charge in [-0.05, 0) is 37.3 Å². The maximum absolute atomic E-state index is 13.7. The molecule has 1 amide bonds. The number of anilines is 1. The van der Waals surface area contributed by atoms with Crippen LogP contribution < -0.4 is 11.1 Å². The number of nitrogens with one attached hydrogen (secondary N) is 1. The zero-order valence-electron chi connectivity index (χ0n) is 10.9. The Bertz CT molecular complexity index is 623. The average Bonchev–Trinajstić information content (AvgIpc) is 2.38. The molecular formula is C15H14F2N2O. The van der Waals surface area contributed by atoms with E-state index in [1.165, 1.54) is 24.3 Å². The predicted octanol–water partition coefficient (Wildman–Crippen LogP) is 3.24. The van der Waals surface area contributed by atoms with E-state index in [9.17, 15) is 13.6 Å². The SMILES string of the molecule is CC(Nc1cccc(C(N)=O)c1)c1c(F)cccc1F. The Morgan fingerprint density at radius 2 is 1.75 bits per heavy atom. The molecule has 2 rings (SSSR count). The van der Waals surface area contributed by atoms with Gasteiger partial charge in [0, 0.05) is 16.8 Å². The molecule has 20 heavy (non-hydrogen) atoms. The third-order valence-corrected chi connectivity index (χ3v) is 2.96. The van der Waals surface area contributed by atoms with Crippen molar-refractivity contribution >= 4 is 11.6 Å². The van der Waals surface area contributed by atoms with Crippen LogP contribution in [0.25, 0.3) is 0 Å². The van der Waals surface area contributed by atoms with Crippen molar-refractivity contribution in [3.8, 4) is 0 Å². The minimum Gasteiger partial charge on any atom is -0.378 e. The van der Waals surface area contributed by atoms with Gasteiger partial charge in [0.05, 0.1) is 6.04 Å². The summed E-state index contributed by atoms with van der Waals surface area (Å²) in [6.45, 7) is 1.64. The molecule has 0 saturated heterocycles. The normalized spacial score (nSPS) is 11.9. The first-order valence-electron chi connectivity index (χ1n) is 6.09. The summed E-state index contributed by atoms with van der Waals surface area (Å²) >= 11 is 0. The summed E-state index contributed by atoms with van der Waals surface area (Å²) in [5, 5.41) is 2.95. The van der Waals surface area contributed by atoms with Crippen LogP contribution in [0.15, 0.2) is 42.5 Å². The van der Waals surface area contributed by atoms with Gasteiger partial charge in [-0.15, -0.1) is 0 Å². The zero-order valence-corrected chi connectivity index (χ0v) is 10.9. The quantitative estimate of drug-likeness (QED) is 0.900. The fraction of sp³-hybridized carbons (Fsp3) is 0.133. The molecule has 3 N–H and O–H groups in total. The molecule has 1 unspecified atom stereocenters. The highest BCUT2D eigenvalue weighted by Crippen LogP contribution is 2.24. The van der Waals surface area contributed by atoms with E-state index < -0.39 is 23.6 Å². The molecular weight excluding hydrogens is 262 g/mol. The summed E-state index contributed by atoms with van der Waals surface area (Å²) < 4.78 is 27.3. The maximum atomic E-state index is 13.7. The van der Waals surface area contributed by atoms with Crippen LogP contribution in [0.1, 0.15) is 28.9 Å². The highest BCUT2D eigenvalue weighted by atomic mass is 19.1. The van der Waals surface area contributed by atoms with Crippen LogP contribution in [-0.2, 0) is 0 Å². The van der Waals surface area contributed by atoms with Gasteiger partial charge in [0.2, 0.25) is 5.91 Å². The molecule has 0 aliphatic carbocycles. The molecule has 0 fully saturated rings. The maximum Gasteiger partial charge on any atom is 0.248 e. The van der Waals surface area contributed by atoms with Gasteiger partial charge in [0.25, 0.3) is 0 Å². The van der Waals surface area contributed by atoms with E-state index in [0.717, 1.165) is 0 Å². The van der Waals surface area contributed by atoms with Gasteiger partial charge >= 0.3 is 0 Å². The lowest BCUT2D eigenvalue weighted by Crippen LogP contribution is -2.13. The van der Waals surface area contributed by atoms with E-state index >= 15 is 0 Å². The molecule has 0 aromatic heterocycles. The number of amides is 1. The van der Waals surface area contributed by atoms with Crippen molar-refractivity contribution in [2.75, 3.05) is 5.32 Å². The number of nitrogens with two attached hydrogens (primary N) is 1. The number of rotatable bonds is 4. The molecule has 0 saturated carbocycles. The van der Waals surface area contributed by atoms with Gasteiger partial charge in [0.15, 0.2) is 0 Å². The third kappa shape index (κ3) is 2.93. The Morgan fingerprint density at radius 1 is 1.15 bits per heavy atom. The molecule has 0 radical (unpaired) electrons. The van der Waals surface area contributed by atoms with Crippen LogP contribution in [0.2, 0.25) is 0 Å². The lowest BCUT2D eigenvalue weighted by Gasteiger charge is -2.17. The van der Waals surface area contributed by atoms with Crippen molar-refractivity contribution in [1.29, 1.82) is 0 Å². The number of halogens is 2. The summed E-state index contributed by atoms with van der Waals surface area (Å²) in [5.74, 6) is -1.79. The van der Waals surface area contributed by atoms with Crippen LogP contribution in [-0.4, -0.2) is 5.91 Å². The van der Waals surface area contributed by atoms with Gasteiger partial charge in [-0.2, -0.15) is 0 Å². The van der Waals surface area contributed by atoms with Crippen molar-refractivity contribution in [1.82, 2.24) is 0 Å². The van der Waals surface area contributed by atoms with Crippen LogP contribution >= 0.6 is 0 Å². The van der Waals surface area contributed by atoms with E-state index in [2.05, 4.69) is 5.32 Å². The van der Waals surface area contributed by atoms with Gasteiger partial charge in [-0.3, -0.25) is 4.79 Å². The summed E-state index contributed by atoms with van der Waals surface area (Å²) in [6, 6.07) is 9.59. The Hall–Kier alpha value is -2.43. The van der Waals surface area contributed by atoms with E-state index in [0.29, 0.717) is 11.3 Å². The predicted molar refractivity (Wildman–Crippen MR) is 73.4 cm³/mol. The highest BCUT2D eigenvalue weighted by Gasteiger charge is 2.16. The molecule has 0 aliphatic rings. The number of hydrogen-bond acceptors (Lipinski definition) is 2. The topological polar surface area (TPSA) is 55.1 Å². The fourth-order valence-corrected chi connectivity index (χ4v) is 2.01. The number of carbonyl (C=O) groups excluding carboxylic acids is 1. The first-order valence-corrected chi connectivity index (χ1v) is 6.09. The largest absolute Gasteiger partial charge is 0.378 e. The molecule has 0 bridgehead atoms. The molecule has 2 aromatic carbocycles. The molecule has 0 spiro atoms. The fourth-order valence-electron chi connectivity index (χ4n) is 2.01. The van der Waals surface area contributed by atoms with Crippen LogP contribution in [0, 0.1) is 11.6 Å². The second-order valence-corrected chi connectivity index (χ2v) is 4.45. The third-order valence-electron chi connectivity index (χ3n) is 2.96. The summed E-state index contributed by atoms with van der Waals surface area (Å²) in [4.78, 5) is 11.1. The average molecular weight is 276 g/mol. The molecule has 1 atom stereocenters. The monoisotopic (exact) mass is 276 g/mol. The smallest absolute Gasteiger partial charge is 0.248 e. The molecule has 3 nitrogen and oxygen atoms in total. The highest BCUT2D eigenvalue weighted by molar-refractivity contribution is 5.93. The number of carbonyl (C=O) groups is 1. The van der Waals surface area contributed by atoms with E-state index in [-0.39, 0.29) is 5.56 Å². The van der Waals surface area contributed by atoms with Gasteiger partial charge < -0.3 is 11.1 Å². The van der Waals surface area contributed by atoms with Crippen molar-refractivity contribution in [3.05, 3.63) is 65.2 Å². The van der Waals surface area contributed by atoms with Crippen molar-refractivity contribution < 1.29 is 13.6 Å². The number of hydrogen-bond donors (Lipinski definition) is 2. The Labute approximate surface area is 115 Å². The Balaban J connectivity index is 2.26. The Kier molecular flexibility index (Phi) is 3.98. The zero-order chi connectivity index (χ0) is 14.7. The standard InChI is InChI=1S/C15H14F2N2O/c1-9(14-12(16)6-3-7-13(14)17)19-11-5-2-4-10(8-11)15(18)20/h2-9,19H,1H3,(H2,18,20). The Morgan fingerprint density at radius 3 is 2.35 bits per heavy atom. The molecule has 5 heteroatoms. The molecule has 0 aliphatic heterocycles. The lowest BCUT2D eigenvalue weighted by atomic mass is 10.1. The van der Waals surface area contributed by atoms with E-state index in [1.54, 1.807) is 25.1 Å². The minimum atomic E-state index is -0.615. The first-order chi connectivity index (χ1) is 9.49. The van der Waals surface area contributed by atoms with Crippen molar-refractivity contribution in [2.45, 2.75) is 13.0 Å². The van der Waals surface area contributed by atoms with E-state index in [4.69, 9.17) is 5.73 Å². The summed E-state index contributed by atoms with van der Waals surface area (Å²) in [5.41, 5.74) is 6.04. The van der Waals surface area contributed by atoms with Gasteiger partial charge in [-0.25, -0.2) is 8.78 Å². The number of primary amides is 1. The second-order valence-electron chi connectivity index (χ2n) is 4.45. The molecule has 0 heterocycles. The van der Waals surface area contributed by atoms with Gasteiger partial charge in [-0.1, -0.05) is 12.1 Å². The lowest BCUT2D eigenvalue weighted by molar-refractivity contribution is 0.100. The van der Waals surface area contributed by atoms with Gasteiger partial charge in [0.1, 0.15) is 11.6 Å². The first kappa shape index (κ1) is 14.0. The van der Waals surface area contributed by atoms with Crippen LogP contribution in [0.3, 0.4) is 0 Å². The van der Waals surface area contributed by atoms with Crippen molar-refractivity contribution in [3.63, 3.8) is 0 Å².